The van der Waals surface area contributed by atoms with E-state index in [2.05, 4.69) is 10.2 Å². The zero-order chi connectivity index (χ0) is 13.0. The van der Waals surface area contributed by atoms with Crippen molar-refractivity contribution in [2.75, 3.05) is 0 Å². The lowest BCUT2D eigenvalue weighted by Crippen LogP contribution is -1.90. The number of alkyl halides is 2. The van der Waals surface area contributed by atoms with Crippen LogP contribution in [0.5, 0.6) is 0 Å². The van der Waals surface area contributed by atoms with Crippen molar-refractivity contribution in [3.8, 4) is 0 Å². The Bertz CT molecular complexity index is 499. The Morgan fingerprint density at radius 3 is 2.56 bits per heavy atom. The molecule has 96 valence electrons. The Morgan fingerprint density at radius 1 is 1.28 bits per heavy atom. The first-order chi connectivity index (χ1) is 8.65. The number of benzene rings is 1. The van der Waals surface area contributed by atoms with Crippen molar-refractivity contribution < 1.29 is 8.78 Å². The average molecular weight is 287 g/mol. The van der Waals surface area contributed by atoms with E-state index in [1.807, 2.05) is 23.7 Å². The van der Waals surface area contributed by atoms with E-state index in [9.17, 15) is 8.78 Å². The molecule has 2 rings (SSSR count). The van der Waals surface area contributed by atoms with Gasteiger partial charge in [-0.25, -0.2) is 0 Å². The summed E-state index contributed by atoms with van der Waals surface area (Å²) in [4.78, 5) is 0.581. The first kappa shape index (κ1) is 13.4. The van der Waals surface area contributed by atoms with Gasteiger partial charge in [0, 0.05) is 17.7 Å². The van der Waals surface area contributed by atoms with E-state index in [0.29, 0.717) is 16.7 Å². The van der Waals surface area contributed by atoms with E-state index in [-0.39, 0.29) is 0 Å². The summed E-state index contributed by atoms with van der Waals surface area (Å²) in [7, 11) is 1.88. The molecule has 0 N–H and O–H groups in total. The van der Waals surface area contributed by atoms with E-state index in [4.69, 9.17) is 0 Å². The zero-order valence-electron chi connectivity index (χ0n) is 9.59. The highest BCUT2D eigenvalue weighted by Gasteiger charge is 2.06. The van der Waals surface area contributed by atoms with E-state index >= 15 is 0 Å². The molecule has 0 aliphatic rings. The summed E-state index contributed by atoms with van der Waals surface area (Å²) in [6, 6.07) is 7.13. The number of halogens is 2. The van der Waals surface area contributed by atoms with Crippen molar-refractivity contribution in [3.63, 3.8) is 0 Å². The molecule has 0 amide bonds. The molecule has 3 nitrogen and oxygen atoms in total. The van der Waals surface area contributed by atoms with Crippen LogP contribution in [0.15, 0.2) is 40.6 Å². The highest BCUT2D eigenvalue weighted by Crippen LogP contribution is 2.26. The molecule has 18 heavy (non-hydrogen) atoms. The van der Waals surface area contributed by atoms with E-state index in [0.717, 1.165) is 16.5 Å². The molecule has 0 bridgehead atoms. The Labute approximate surface area is 112 Å². The van der Waals surface area contributed by atoms with Gasteiger partial charge in [0.05, 0.1) is 0 Å². The largest absolute Gasteiger partial charge is 0.312 e. The van der Waals surface area contributed by atoms with Gasteiger partial charge in [0.1, 0.15) is 6.33 Å². The number of aromatic nitrogens is 3. The summed E-state index contributed by atoms with van der Waals surface area (Å²) in [6.45, 7) is 0. The maximum atomic E-state index is 12.1. The molecule has 0 spiro atoms. The molecular formula is C11H11F2N3S2. The predicted molar refractivity (Wildman–Crippen MR) is 68.9 cm³/mol. The monoisotopic (exact) mass is 287 g/mol. The Hall–Kier alpha value is -1.08. The van der Waals surface area contributed by atoms with Gasteiger partial charge in [-0.3, -0.25) is 0 Å². The third kappa shape index (κ3) is 3.71. The van der Waals surface area contributed by atoms with Gasteiger partial charge >= 0.3 is 0 Å². The Kier molecular flexibility index (Phi) is 4.60. The van der Waals surface area contributed by atoms with Crippen LogP contribution in [-0.2, 0) is 12.8 Å². The van der Waals surface area contributed by atoms with E-state index in [1.54, 1.807) is 30.2 Å². The standard InChI is InChI=1S/C11H11F2N3S2/c1-16-7-14-15-11(16)17-6-8-2-4-9(5-3-8)18-10(12)13/h2-5,7,10H,6H2,1H3. The summed E-state index contributed by atoms with van der Waals surface area (Å²) in [5.74, 6) is -1.63. The molecule has 0 atom stereocenters. The van der Waals surface area contributed by atoms with E-state index in [1.165, 1.54) is 0 Å². The van der Waals surface area contributed by atoms with Gasteiger partial charge in [0.15, 0.2) is 5.16 Å². The summed E-state index contributed by atoms with van der Waals surface area (Å²) in [5.41, 5.74) is 1.07. The fraction of sp³-hybridized carbons (Fsp3) is 0.273. The van der Waals surface area contributed by atoms with Gasteiger partial charge in [0.2, 0.25) is 0 Å². The van der Waals surface area contributed by atoms with Gasteiger partial charge < -0.3 is 4.57 Å². The Balaban J connectivity index is 1.92. The van der Waals surface area contributed by atoms with Gasteiger partial charge in [-0.05, 0) is 17.7 Å². The van der Waals surface area contributed by atoms with Crippen LogP contribution in [0.25, 0.3) is 0 Å². The molecule has 0 radical (unpaired) electrons. The van der Waals surface area contributed by atoms with Crippen molar-refractivity contribution in [3.05, 3.63) is 36.2 Å². The minimum absolute atomic E-state index is 0.559. The fourth-order valence-corrected chi connectivity index (χ4v) is 2.66. The topological polar surface area (TPSA) is 30.7 Å². The van der Waals surface area contributed by atoms with Crippen molar-refractivity contribution in [1.29, 1.82) is 0 Å². The summed E-state index contributed by atoms with van der Waals surface area (Å²) in [6.07, 6.45) is 1.64. The second-order valence-electron chi connectivity index (χ2n) is 3.54. The predicted octanol–water partition coefficient (Wildman–Crippen LogP) is 3.42. The lowest BCUT2D eigenvalue weighted by atomic mass is 10.2. The summed E-state index contributed by atoms with van der Waals surface area (Å²) in [5, 5.41) is 8.58. The molecule has 7 heteroatoms. The minimum atomic E-state index is -2.37. The van der Waals surface area contributed by atoms with Crippen molar-refractivity contribution in [1.82, 2.24) is 14.8 Å². The average Bonchev–Trinajstić information content (AvgIpc) is 2.73. The van der Waals surface area contributed by atoms with Gasteiger partial charge in [0.25, 0.3) is 5.76 Å². The van der Waals surface area contributed by atoms with Gasteiger partial charge in [-0.15, -0.1) is 10.2 Å². The number of rotatable bonds is 5. The third-order valence-corrected chi connectivity index (χ3v) is 4.01. The molecule has 0 aliphatic heterocycles. The summed E-state index contributed by atoms with van der Waals surface area (Å²) >= 11 is 2.12. The van der Waals surface area contributed by atoms with Crippen LogP contribution in [0.4, 0.5) is 8.78 Å². The highest BCUT2D eigenvalue weighted by atomic mass is 32.2. The molecule has 1 aromatic heterocycles. The lowest BCUT2D eigenvalue weighted by molar-refractivity contribution is 0.252. The van der Waals surface area contributed by atoms with Crippen LogP contribution in [0.2, 0.25) is 0 Å². The number of aryl methyl sites for hydroxylation is 1. The van der Waals surface area contributed by atoms with E-state index < -0.39 is 5.76 Å². The van der Waals surface area contributed by atoms with Gasteiger partial charge in [-0.1, -0.05) is 35.7 Å². The maximum absolute atomic E-state index is 12.1. The number of hydrogen-bond acceptors (Lipinski definition) is 4. The smallest absolute Gasteiger partial charge is 0.288 e. The van der Waals surface area contributed by atoms with Crippen molar-refractivity contribution in [2.45, 2.75) is 21.6 Å². The number of nitrogens with zero attached hydrogens (tertiary/aromatic N) is 3. The molecule has 0 unspecified atom stereocenters. The van der Waals surface area contributed by atoms with Crippen LogP contribution < -0.4 is 0 Å². The lowest BCUT2D eigenvalue weighted by Gasteiger charge is -2.03. The number of hydrogen-bond donors (Lipinski definition) is 0. The minimum Gasteiger partial charge on any atom is -0.312 e. The van der Waals surface area contributed by atoms with Crippen LogP contribution in [0, 0.1) is 0 Å². The third-order valence-electron chi connectivity index (χ3n) is 2.19. The second kappa shape index (κ2) is 6.19. The van der Waals surface area contributed by atoms with Crippen molar-refractivity contribution in [2.24, 2.45) is 7.05 Å². The SMILES string of the molecule is Cn1cnnc1SCc1ccc(SC(F)F)cc1. The molecule has 0 saturated carbocycles. The molecule has 1 heterocycles. The van der Waals surface area contributed by atoms with Crippen LogP contribution in [-0.4, -0.2) is 20.5 Å². The number of thioether (sulfide) groups is 2. The highest BCUT2D eigenvalue weighted by molar-refractivity contribution is 7.99. The second-order valence-corrected chi connectivity index (χ2v) is 5.54. The fourth-order valence-electron chi connectivity index (χ4n) is 1.32. The Morgan fingerprint density at radius 2 is 2.00 bits per heavy atom. The first-order valence-corrected chi connectivity index (χ1v) is 7.02. The van der Waals surface area contributed by atoms with Crippen LogP contribution in [0.1, 0.15) is 5.56 Å². The van der Waals surface area contributed by atoms with Crippen LogP contribution in [0.3, 0.4) is 0 Å². The maximum Gasteiger partial charge on any atom is 0.288 e. The first-order valence-electron chi connectivity index (χ1n) is 5.15. The summed E-state index contributed by atoms with van der Waals surface area (Å²) < 4.78 is 26.1. The quantitative estimate of drug-likeness (QED) is 0.788. The zero-order valence-corrected chi connectivity index (χ0v) is 11.2. The van der Waals surface area contributed by atoms with Crippen LogP contribution >= 0.6 is 23.5 Å². The normalized spacial score (nSPS) is 11.1. The van der Waals surface area contributed by atoms with Crippen molar-refractivity contribution >= 4 is 23.5 Å². The molecule has 0 saturated heterocycles. The molecule has 2 aromatic rings. The molecule has 0 fully saturated rings. The van der Waals surface area contributed by atoms with Gasteiger partial charge in [-0.2, -0.15) is 8.78 Å². The molecule has 1 aromatic carbocycles. The molecule has 0 aliphatic carbocycles. The molecular weight excluding hydrogens is 276 g/mol.